The minimum absolute atomic E-state index is 0.878. The van der Waals surface area contributed by atoms with Gasteiger partial charge in [-0.05, 0) is 30.5 Å². The van der Waals surface area contributed by atoms with Crippen molar-refractivity contribution >= 4 is 11.5 Å². The third-order valence-corrected chi connectivity index (χ3v) is 3.39. The number of aryl methyl sites for hydroxylation is 2. The van der Waals surface area contributed by atoms with Crippen molar-refractivity contribution in [2.75, 3.05) is 11.4 Å². The fourth-order valence-corrected chi connectivity index (χ4v) is 2.48. The van der Waals surface area contributed by atoms with Crippen LogP contribution in [-0.4, -0.2) is 16.5 Å². The summed E-state index contributed by atoms with van der Waals surface area (Å²) in [6, 6.07) is 10.6. The molecule has 1 aromatic heterocycles. The molecule has 0 spiro atoms. The van der Waals surface area contributed by atoms with Crippen LogP contribution in [0.2, 0.25) is 0 Å². The number of benzene rings is 1. The normalized spacial score (nSPS) is 14.4. The molecule has 2 aromatic rings. The number of hydrogen-bond acceptors (Lipinski definition) is 3. The molecule has 0 amide bonds. The highest BCUT2D eigenvalue weighted by Crippen LogP contribution is 2.31. The van der Waals surface area contributed by atoms with Gasteiger partial charge < -0.3 is 4.90 Å². The summed E-state index contributed by atoms with van der Waals surface area (Å²) in [6.07, 6.45) is 5.09. The lowest BCUT2D eigenvalue weighted by atomic mass is 10.0. The Bertz CT molecular complexity index is 551. The van der Waals surface area contributed by atoms with Crippen molar-refractivity contribution in [2.45, 2.75) is 26.2 Å². The average Bonchev–Trinajstić information content (AvgIpc) is 2.47. The molecule has 1 aliphatic rings. The number of para-hydroxylation sites is 1. The number of aromatic nitrogens is 2. The molecule has 0 N–H and O–H groups in total. The van der Waals surface area contributed by atoms with E-state index in [-0.39, 0.29) is 0 Å². The van der Waals surface area contributed by atoms with E-state index < -0.39 is 0 Å². The molecule has 18 heavy (non-hydrogen) atoms. The minimum Gasteiger partial charge on any atom is -0.326 e. The summed E-state index contributed by atoms with van der Waals surface area (Å²) in [5, 5.41) is 0. The van der Waals surface area contributed by atoms with Gasteiger partial charge in [-0.25, -0.2) is 9.97 Å². The number of hydrogen-bond donors (Lipinski definition) is 0. The van der Waals surface area contributed by atoms with Crippen molar-refractivity contribution in [1.29, 1.82) is 0 Å². The van der Waals surface area contributed by atoms with Crippen LogP contribution in [0.15, 0.2) is 36.5 Å². The maximum Gasteiger partial charge on any atom is 0.136 e. The SMILES string of the molecule is CCc1nccc(N2CCCc3ccccc32)n1. The Morgan fingerprint density at radius 3 is 3.00 bits per heavy atom. The van der Waals surface area contributed by atoms with Crippen LogP contribution in [0.5, 0.6) is 0 Å². The Balaban J connectivity index is 2.02. The van der Waals surface area contributed by atoms with Gasteiger partial charge >= 0.3 is 0 Å². The zero-order valence-electron chi connectivity index (χ0n) is 10.6. The molecule has 92 valence electrons. The van der Waals surface area contributed by atoms with Crippen LogP contribution in [0.3, 0.4) is 0 Å². The van der Waals surface area contributed by atoms with Gasteiger partial charge in [-0.1, -0.05) is 25.1 Å². The molecular formula is C15H17N3. The van der Waals surface area contributed by atoms with Crippen LogP contribution in [0.4, 0.5) is 11.5 Å². The molecule has 3 rings (SSSR count). The Morgan fingerprint density at radius 2 is 2.11 bits per heavy atom. The molecule has 1 aliphatic heterocycles. The number of fused-ring (bicyclic) bond motifs is 1. The summed E-state index contributed by atoms with van der Waals surface area (Å²) in [6.45, 7) is 3.13. The van der Waals surface area contributed by atoms with E-state index in [1.54, 1.807) is 0 Å². The molecule has 0 fully saturated rings. The van der Waals surface area contributed by atoms with Crippen molar-refractivity contribution in [2.24, 2.45) is 0 Å². The van der Waals surface area contributed by atoms with Gasteiger partial charge in [0.25, 0.3) is 0 Å². The first-order valence-electron chi connectivity index (χ1n) is 6.56. The van der Waals surface area contributed by atoms with Crippen LogP contribution >= 0.6 is 0 Å². The first-order chi connectivity index (χ1) is 8.88. The molecule has 0 unspecified atom stereocenters. The lowest BCUT2D eigenvalue weighted by Crippen LogP contribution is -2.25. The summed E-state index contributed by atoms with van der Waals surface area (Å²) >= 11 is 0. The van der Waals surface area contributed by atoms with Gasteiger partial charge in [-0.15, -0.1) is 0 Å². The quantitative estimate of drug-likeness (QED) is 0.806. The second kappa shape index (κ2) is 4.77. The predicted octanol–water partition coefficient (Wildman–Crippen LogP) is 3.12. The maximum atomic E-state index is 4.63. The third kappa shape index (κ3) is 1.96. The first kappa shape index (κ1) is 11.2. The summed E-state index contributed by atoms with van der Waals surface area (Å²) in [4.78, 5) is 11.2. The third-order valence-electron chi connectivity index (χ3n) is 3.39. The molecule has 0 saturated carbocycles. The van der Waals surface area contributed by atoms with E-state index in [1.807, 2.05) is 12.3 Å². The van der Waals surface area contributed by atoms with Crippen molar-refractivity contribution in [3.8, 4) is 0 Å². The van der Waals surface area contributed by atoms with E-state index in [2.05, 4.69) is 46.1 Å². The molecule has 3 nitrogen and oxygen atoms in total. The van der Waals surface area contributed by atoms with Gasteiger partial charge in [0.05, 0.1) is 0 Å². The molecule has 2 heterocycles. The van der Waals surface area contributed by atoms with E-state index >= 15 is 0 Å². The fourth-order valence-electron chi connectivity index (χ4n) is 2.48. The maximum absolute atomic E-state index is 4.63. The number of rotatable bonds is 2. The van der Waals surface area contributed by atoms with Crippen molar-refractivity contribution in [3.05, 3.63) is 47.9 Å². The largest absolute Gasteiger partial charge is 0.326 e. The summed E-state index contributed by atoms with van der Waals surface area (Å²) in [5.74, 6) is 1.93. The zero-order chi connectivity index (χ0) is 12.4. The minimum atomic E-state index is 0.878. The molecular weight excluding hydrogens is 222 g/mol. The topological polar surface area (TPSA) is 29.0 Å². The lowest BCUT2D eigenvalue weighted by Gasteiger charge is -2.30. The Labute approximate surface area is 108 Å². The average molecular weight is 239 g/mol. The van der Waals surface area contributed by atoms with Gasteiger partial charge in [0.1, 0.15) is 11.6 Å². The summed E-state index contributed by atoms with van der Waals surface area (Å²) < 4.78 is 0. The van der Waals surface area contributed by atoms with Crippen LogP contribution in [-0.2, 0) is 12.8 Å². The molecule has 0 saturated heterocycles. The van der Waals surface area contributed by atoms with Crippen molar-refractivity contribution < 1.29 is 0 Å². The van der Waals surface area contributed by atoms with E-state index in [0.717, 1.165) is 24.6 Å². The predicted molar refractivity (Wildman–Crippen MR) is 73.2 cm³/mol. The highest BCUT2D eigenvalue weighted by molar-refractivity contribution is 5.65. The molecule has 1 aromatic carbocycles. The van der Waals surface area contributed by atoms with Gasteiger partial charge in [0.15, 0.2) is 0 Å². The van der Waals surface area contributed by atoms with Crippen LogP contribution in [0.25, 0.3) is 0 Å². The van der Waals surface area contributed by atoms with E-state index in [0.29, 0.717) is 0 Å². The van der Waals surface area contributed by atoms with Crippen LogP contribution in [0, 0.1) is 0 Å². The highest BCUT2D eigenvalue weighted by Gasteiger charge is 2.18. The van der Waals surface area contributed by atoms with Crippen LogP contribution < -0.4 is 4.90 Å². The fraction of sp³-hybridized carbons (Fsp3) is 0.333. The van der Waals surface area contributed by atoms with Gasteiger partial charge in [-0.3, -0.25) is 0 Å². The number of anilines is 2. The molecule has 0 atom stereocenters. The second-order valence-electron chi connectivity index (χ2n) is 4.57. The van der Waals surface area contributed by atoms with E-state index in [1.165, 1.54) is 24.1 Å². The number of nitrogens with zero attached hydrogens (tertiary/aromatic N) is 3. The van der Waals surface area contributed by atoms with E-state index in [9.17, 15) is 0 Å². The highest BCUT2D eigenvalue weighted by atomic mass is 15.2. The Morgan fingerprint density at radius 1 is 1.22 bits per heavy atom. The Kier molecular flexibility index (Phi) is 2.97. The van der Waals surface area contributed by atoms with Crippen molar-refractivity contribution in [1.82, 2.24) is 9.97 Å². The smallest absolute Gasteiger partial charge is 0.136 e. The zero-order valence-corrected chi connectivity index (χ0v) is 10.6. The molecule has 3 heteroatoms. The van der Waals surface area contributed by atoms with Gasteiger partial charge in [0, 0.05) is 24.8 Å². The monoisotopic (exact) mass is 239 g/mol. The van der Waals surface area contributed by atoms with Crippen LogP contribution in [0.1, 0.15) is 24.7 Å². The van der Waals surface area contributed by atoms with Crippen molar-refractivity contribution in [3.63, 3.8) is 0 Å². The summed E-state index contributed by atoms with van der Waals surface area (Å²) in [7, 11) is 0. The molecule has 0 aliphatic carbocycles. The Hall–Kier alpha value is -1.90. The lowest BCUT2D eigenvalue weighted by molar-refractivity contribution is 0.754. The second-order valence-corrected chi connectivity index (χ2v) is 4.57. The first-order valence-corrected chi connectivity index (χ1v) is 6.56. The standard InChI is InChI=1S/C15H17N3/c1-2-14-16-10-9-15(17-14)18-11-5-7-12-6-3-4-8-13(12)18/h3-4,6,8-10H,2,5,7,11H2,1H3. The van der Waals surface area contributed by atoms with Gasteiger partial charge in [0.2, 0.25) is 0 Å². The van der Waals surface area contributed by atoms with E-state index in [4.69, 9.17) is 0 Å². The van der Waals surface area contributed by atoms with Gasteiger partial charge in [-0.2, -0.15) is 0 Å². The summed E-state index contributed by atoms with van der Waals surface area (Å²) in [5.41, 5.74) is 2.71. The molecule has 0 radical (unpaired) electrons. The molecule has 0 bridgehead atoms.